The molecule has 0 saturated heterocycles. The van der Waals surface area contributed by atoms with E-state index in [1.807, 2.05) is 18.3 Å². The van der Waals surface area contributed by atoms with Crippen molar-refractivity contribution in [3.05, 3.63) is 234 Å². The number of para-hydroxylation sites is 4. The molecule has 77 heavy (non-hydrogen) atoms. The van der Waals surface area contributed by atoms with Gasteiger partial charge in [-0.3, -0.25) is 4.98 Å². The first-order valence-corrected chi connectivity index (χ1v) is 26.3. The average molecular weight is 987 g/mol. The second-order valence-corrected chi connectivity index (χ2v) is 20.7. The number of hydrogen-bond donors (Lipinski definition) is 0. The maximum atomic E-state index is 12.9. The maximum absolute atomic E-state index is 12.9. The van der Waals surface area contributed by atoms with Crippen molar-refractivity contribution in [2.45, 2.75) is 27.7 Å². The van der Waals surface area contributed by atoms with Crippen molar-refractivity contribution >= 4 is 109 Å². The number of pyridine rings is 1. The average Bonchev–Trinajstić information content (AvgIpc) is 4.18. The lowest BCUT2D eigenvalue weighted by atomic mass is 9.93. The minimum Gasteiger partial charge on any atom is -0.454 e. The van der Waals surface area contributed by atoms with E-state index >= 15 is 0 Å². The Labute approximate surface area is 441 Å². The zero-order valence-corrected chi connectivity index (χ0v) is 42.7. The molecular weight excluding hydrogens is 941 g/mol. The molecule has 0 N–H and O–H groups in total. The summed E-state index contributed by atoms with van der Waals surface area (Å²) in [5.74, 6) is 0. The van der Waals surface area contributed by atoms with Crippen LogP contribution >= 0.6 is 0 Å². The van der Waals surface area contributed by atoms with E-state index in [1.165, 1.54) is 11.1 Å². The molecule has 16 aromatic rings. The molecule has 0 aliphatic carbocycles. The summed E-state index contributed by atoms with van der Waals surface area (Å²) in [5.41, 5.74) is 20.7. The Kier molecular flexibility index (Phi) is 8.95. The molecule has 7 nitrogen and oxygen atoms in total. The highest BCUT2D eigenvalue weighted by molar-refractivity contribution is 6.19. The predicted octanol–water partition coefficient (Wildman–Crippen LogP) is 18.1. The van der Waals surface area contributed by atoms with Gasteiger partial charge in [0, 0.05) is 60.2 Å². The molecule has 0 saturated carbocycles. The van der Waals surface area contributed by atoms with Gasteiger partial charge in [-0.25, -0.2) is 0 Å². The molecule has 6 aromatic heterocycles. The molecule has 16 rings (SSSR count). The Hall–Kier alpha value is -10.2. The number of aryl methyl sites for hydroxylation is 4. The van der Waals surface area contributed by atoms with Gasteiger partial charge in [-0.1, -0.05) is 127 Å². The molecule has 0 aliphatic heterocycles. The Balaban J connectivity index is 1.28. The van der Waals surface area contributed by atoms with Crippen LogP contribution in [0, 0.1) is 39.0 Å². The van der Waals surface area contributed by atoms with Crippen molar-refractivity contribution in [1.82, 2.24) is 23.3 Å². The highest BCUT2D eigenvalue weighted by Crippen LogP contribution is 2.53. The Bertz CT molecular complexity index is 5030. The molecule has 0 atom stereocenters. The molecule has 0 radical (unpaired) electrons. The van der Waals surface area contributed by atoms with Gasteiger partial charge in [-0.2, -0.15) is 5.26 Å². The standard InChI is InChI=1S/C70H46N6O/c1-40-18-13-30-55-61(40)45-22-5-9-26-51(45)73(55)67-50(39-71)68(74-52-27-10-6-23-46(52)62-41(2)19-14-31-56(62)74)70(76-54-29-12-8-25-48(54)64-43(4)21-16-33-58(64)76)65(44-35-36-49-60(38-44)77-59-34-17-37-72-66(49)59)69(67)75-53-28-11-7-24-47(53)63-42(3)20-15-32-57(63)75/h5-38H,1-4H3. The molecule has 10 aromatic carbocycles. The van der Waals surface area contributed by atoms with Crippen LogP contribution in [0.3, 0.4) is 0 Å². The van der Waals surface area contributed by atoms with Crippen molar-refractivity contribution in [3.63, 3.8) is 0 Å². The SMILES string of the molecule is Cc1cccc2c1c1ccccc1n2-c1c(C#N)c(-n2c3ccccc3c3c(C)cccc32)c(-n2c3ccccc3c3c(C)cccc32)c(-c2ccc3c(c2)oc2cccnc23)c1-n1c2ccccc2c2c(C)cccc21. The summed E-state index contributed by atoms with van der Waals surface area (Å²) in [6.07, 6.45) is 1.83. The van der Waals surface area contributed by atoms with E-state index in [2.05, 4.69) is 240 Å². The minimum absolute atomic E-state index is 0.526. The summed E-state index contributed by atoms with van der Waals surface area (Å²) in [6, 6.07) is 75.0. The smallest absolute Gasteiger partial charge is 0.153 e. The van der Waals surface area contributed by atoms with Gasteiger partial charge in [0.1, 0.15) is 22.7 Å². The minimum atomic E-state index is 0.526. The summed E-state index contributed by atoms with van der Waals surface area (Å²) < 4.78 is 16.6. The van der Waals surface area contributed by atoms with E-state index < -0.39 is 0 Å². The van der Waals surface area contributed by atoms with Crippen LogP contribution in [0.2, 0.25) is 0 Å². The first kappa shape index (κ1) is 43.3. The van der Waals surface area contributed by atoms with E-state index in [-0.39, 0.29) is 0 Å². The predicted molar refractivity (Wildman–Crippen MR) is 318 cm³/mol. The fourth-order valence-electron chi connectivity index (χ4n) is 13.5. The molecule has 7 heteroatoms. The highest BCUT2D eigenvalue weighted by Gasteiger charge is 2.35. The second kappa shape index (κ2) is 15.9. The number of benzene rings is 10. The monoisotopic (exact) mass is 986 g/mol. The van der Waals surface area contributed by atoms with Crippen molar-refractivity contribution in [1.29, 1.82) is 5.26 Å². The fraction of sp³-hybridized carbons (Fsp3) is 0.0571. The van der Waals surface area contributed by atoms with Gasteiger partial charge in [0.15, 0.2) is 5.58 Å². The molecule has 0 fully saturated rings. The van der Waals surface area contributed by atoms with Crippen LogP contribution in [-0.4, -0.2) is 23.3 Å². The van der Waals surface area contributed by atoms with Crippen LogP contribution in [0.4, 0.5) is 0 Å². The fourth-order valence-corrected chi connectivity index (χ4v) is 13.5. The first-order valence-electron chi connectivity index (χ1n) is 26.3. The lowest BCUT2D eigenvalue weighted by Gasteiger charge is -2.29. The topological polar surface area (TPSA) is 69.5 Å². The lowest BCUT2D eigenvalue weighted by Crippen LogP contribution is -2.16. The summed E-state index contributed by atoms with van der Waals surface area (Å²) in [6.45, 7) is 8.81. The lowest BCUT2D eigenvalue weighted by molar-refractivity contribution is 0.668. The van der Waals surface area contributed by atoms with E-state index in [1.54, 1.807) is 0 Å². The second-order valence-electron chi connectivity index (χ2n) is 20.7. The van der Waals surface area contributed by atoms with Crippen molar-refractivity contribution < 1.29 is 4.42 Å². The number of fused-ring (bicyclic) bond motifs is 15. The van der Waals surface area contributed by atoms with Crippen LogP contribution in [0.5, 0.6) is 0 Å². The van der Waals surface area contributed by atoms with Gasteiger partial charge in [0.25, 0.3) is 0 Å². The molecule has 0 aliphatic rings. The number of hydrogen-bond acceptors (Lipinski definition) is 3. The number of rotatable bonds is 5. The third-order valence-electron chi connectivity index (χ3n) is 16.5. The zero-order chi connectivity index (χ0) is 51.4. The molecule has 0 spiro atoms. The summed E-state index contributed by atoms with van der Waals surface area (Å²) in [7, 11) is 0. The summed E-state index contributed by atoms with van der Waals surface area (Å²) >= 11 is 0. The van der Waals surface area contributed by atoms with E-state index in [0.29, 0.717) is 5.56 Å². The zero-order valence-electron chi connectivity index (χ0n) is 42.7. The summed E-state index contributed by atoms with van der Waals surface area (Å²) in [4.78, 5) is 4.84. The molecule has 0 unspecified atom stereocenters. The molecule has 0 bridgehead atoms. The van der Waals surface area contributed by atoms with Crippen LogP contribution in [-0.2, 0) is 0 Å². The Morgan fingerprint density at radius 3 is 1.14 bits per heavy atom. The van der Waals surface area contributed by atoms with E-state index in [0.717, 1.165) is 154 Å². The highest BCUT2D eigenvalue weighted by atomic mass is 16.3. The van der Waals surface area contributed by atoms with Crippen molar-refractivity contribution in [3.8, 4) is 39.9 Å². The first-order chi connectivity index (χ1) is 37.9. The van der Waals surface area contributed by atoms with E-state index in [9.17, 15) is 5.26 Å². The molecule has 6 heterocycles. The molecule has 362 valence electrons. The number of furan rings is 1. The van der Waals surface area contributed by atoms with Gasteiger partial charge >= 0.3 is 0 Å². The molecule has 0 amide bonds. The van der Waals surface area contributed by atoms with Crippen LogP contribution < -0.4 is 0 Å². The van der Waals surface area contributed by atoms with Gasteiger partial charge in [0.2, 0.25) is 0 Å². The van der Waals surface area contributed by atoms with Crippen LogP contribution in [0.15, 0.2) is 211 Å². The number of nitrogens with zero attached hydrogens (tertiary/aromatic N) is 6. The van der Waals surface area contributed by atoms with Crippen molar-refractivity contribution in [2.75, 3.05) is 0 Å². The van der Waals surface area contributed by atoms with Gasteiger partial charge in [-0.05, 0) is 128 Å². The summed E-state index contributed by atoms with van der Waals surface area (Å²) in [5, 5.41) is 23.0. The number of nitriles is 1. The van der Waals surface area contributed by atoms with Gasteiger partial charge in [-0.15, -0.1) is 0 Å². The van der Waals surface area contributed by atoms with Gasteiger partial charge in [0.05, 0.1) is 66.9 Å². The third kappa shape index (κ3) is 5.76. The van der Waals surface area contributed by atoms with E-state index in [4.69, 9.17) is 9.40 Å². The maximum Gasteiger partial charge on any atom is 0.153 e. The third-order valence-corrected chi connectivity index (χ3v) is 16.5. The van der Waals surface area contributed by atoms with Crippen molar-refractivity contribution in [2.24, 2.45) is 0 Å². The Morgan fingerprint density at radius 2 is 0.740 bits per heavy atom. The number of aromatic nitrogens is 5. The van der Waals surface area contributed by atoms with Crippen LogP contribution in [0.25, 0.3) is 143 Å². The Morgan fingerprint density at radius 1 is 0.364 bits per heavy atom. The largest absolute Gasteiger partial charge is 0.454 e. The van der Waals surface area contributed by atoms with Gasteiger partial charge < -0.3 is 22.7 Å². The molecular formula is C70H46N6O. The quantitative estimate of drug-likeness (QED) is 0.172. The normalized spacial score (nSPS) is 12.1. The van der Waals surface area contributed by atoms with Crippen LogP contribution in [0.1, 0.15) is 27.8 Å².